The highest BCUT2D eigenvalue weighted by molar-refractivity contribution is 5.80. The van der Waals surface area contributed by atoms with Crippen molar-refractivity contribution in [2.24, 2.45) is 11.3 Å². The van der Waals surface area contributed by atoms with Gasteiger partial charge in [0.1, 0.15) is 11.6 Å². The molecule has 5 nitrogen and oxygen atoms in total. The molecule has 2 N–H and O–H groups in total. The van der Waals surface area contributed by atoms with Gasteiger partial charge in [0.15, 0.2) is 0 Å². The van der Waals surface area contributed by atoms with E-state index in [0.29, 0.717) is 0 Å². The largest absolute Gasteiger partial charge is 0.480 e. The van der Waals surface area contributed by atoms with Gasteiger partial charge in [-0.3, -0.25) is 0 Å². The number of carbonyl (C=O) groups is 2. The van der Waals surface area contributed by atoms with Crippen molar-refractivity contribution in [2.45, 2.75) is 65.5 Å². The summed E-state index contributed by atoms with van der Waals surface area (Å²) in [7, 11) is 0. The molecule has 1 unspecified atom stereocenters. The van der Waals surface area contributed by atoms with Gasteiger partial charge in [-0.25, -0.2) is 9.59 Å². The Labute approximate surface area is 114 Å². The highest BCUT2D eigenvalue weighted by Crippen LogP contribution is 2.44. The fourth-order valence-corrected chi connectivity index (χ4v) is 2.74. The molecule has 1 saturated carbocycles. The molecular formula is C14H25NO4. The summed E-state index contributed by atoms with van der Waals surface area (Å²) in [5.41, 5.74) is -0.698. The molecule has 1 amide bonds. The van der Waals surface area contributed by atoms with Crippen LogP contribution in [0.1, 0.15) is 53.9 Å². The van der Waals surface area contributed by atoms with Crippen LogP contribution in [0.15, 0.2) is 0 Å². The van der Waals surface area contributed by atoms with E-state index in [2.05, 4.69) is 19.2 Å². The van der Waals surface area contributed by atoms with Crippen LogP contribution in [0.3, 0.4) is 0 Å². The normalized spacial score (nSPS) is 23.7. The molecule has 1 fully saturated rings. The summed E-state index contributed by atoms with van der Waals surface area (Å²) in [5.74, 6) is -1.05. The van der Waals surface area contributed by atoms with E-state index in [4.69, 9.17) is 4.74 Å². The van der Waals surface area contributed by atoms with Gasteiger partial charge in [-0.15, -0.1) is 0 Å². The van der Waals surface area contributed by atoms with Crippen LogP contribution in [0.2, 0.25) is 0 Å². The van der Waals surface area contributed by atoms with Gasteiger partial charge in [-0.05, 0) is 44.9 Å². The lowest BCUT2D eigenvalue weighted by Crippen LogP contribution is -2.50. The molecule has 1 aliphatic carbocycles. The van der Waals surface area contributed by atoms with E-state index >= 15 is 0 Å². The van der Waals surface area contributed by atoms with Gasteiger partial charge in [0, 0.05) is 0 Å². The summed E-state index contributed by atoms with van der Waals surface area (Å²) in [6.07, 6.45) is 2.14. The fourth-order valence-electron chi connectivity index (χ4n) is 2.74. The van der Waals surface area contributed by atoms with Crippen LogP contribution in [0.4, 0.5) is 4.79 Å². The lowest BCUT2D eigenvalue weighted by molar-refractivity contribution is -0.142. The minimum atomic E-state index is -0.995. The summed E-state index contributed by atoms with van der Waals surface area (Å²) in [6.45, 7) is 9.36. The summed E-state index contributed by atoms with van der Waals surface area (Å²) in [4.78, 5) is 23.1. The van der Waals surface area contributed by atoms with Crippen molar-refractivity contribution in [3.8, 4) is 0 Å². The van der Waals surface area contributed by atoms with E-state index in [9.17, 15) is 14.7 Å². The smallest absolute Gasteiger partial charge is 0.408 e. The first-order chi connectivity index (χ1) is 8.53. The number of nitrogens with one attached hydrogen (secondary N) is 1. The van der Waals surface area contributed by atoms with Crippen molar-refractivity contribution >= 4 is 12.1 Å². The number of rotatable bonds is 3. The third-order valence-electron chi connectivity index (χ3n) is 3.68. The van der Waals surface area contributed by atoms with Crippen molar-refractivity contribution in [3.63, 3.8) is 0 Å². The van der Waals surface area contributed by atoms with E-state index in [0.717, 1.165) is 19.3 Å². The molecule has 0 aliphatic heterocycles. The molecule has 0 aromatic heterocycles. The van der Waals surface area contributed by atoms with E-state index < -0.39 is 23.7 Å². The molecule has 19 heavy (non-hydrogen) atoms. The van der Waals surface area contributed by atoms with Gasteiger partial charge in [-0.2, -0.15) is 0 Å². The first-order valence-corrected chi connectivity index (χ1v) is 6.75. The lowest BCUT2D eigenvalue weighted by Gasteiger charge is -2.32. The SMILES string of the molecule is CC(C)(C)OC(=O)N[C@H](C(=O)O)C1CCCC1(C)C. The van der Waals surface area contributed by atoms with E-state index in [1.165, 1.54) is 0 Å². The van der Waals surface area contributed by atoms with Crippen molar-refractivity contribution < 1.29 is 19.4 Å². The average molecular weight is 271 g/mol. The topological polar surface area (TPSA) is 75.6 Å². The zero-order chi connectivity index (χ0) is 14.8. The van der Waals surface area contributed by atoms with Crippen LogP contribution in [0, 0.1) is 11.3 Å². The molecule has 1 aliphatic rings. The van der Waals surface area contributed by atoms with Crippen LogP contribution in [0.5, 0.6) is 0 Å². The molecular weight excluding hydrogens is 246 g/mol. The zero-order valence-electron chi connectivity index (χ0n) is 12.4. The Hall–Kier alpha value is -1.26. The molecule has 0 heterocycles. The molecule has 0 aromatic carbocycles. The Morgan fingerprint density at radius 1 is 1.37 bits per heavy atom. The third-order valence-corrected chi connectivity index (χ3v) is 3.68. The minimum Gasteiger partial charge on any atom is -0.480 e. The van der Waals surface area contributed by atoms with Crippen molar-refractivity contribution in [1.29, 1.82) is 0 Å². The number of carbonyl (C=O) groups excluding carboxylic acids is 1. The van der Waals surface area contributed by atoms with Gasteiger partial charge in [0.2, 0.25) is 0 Å². The predicted molar refractivity (Wildman–Crippen MR) is 71.9 cm³/mol. The summed E-state index contributed by atoms with van der Waals surface area (Å²) in [6, 6.07) is -0.882. The van der Waals surface area contributed by atoms with Crippen LogP contribution in [0.25, 0.3) is 0 Å². The number of carboxylic acid groups (broad SMARTS) is 1. The van der Waals surface area contributed by atoms with Crippen LogP contribution in [-0.2, 0) is 9.53 Å². The first kappa shape index (κ1) is 15.8. The minimum absolute atomic E-state index is 0.0579. The molecule has 1 rings (SSSR count). The molecule has 0 radical (unpaired) electrons. The van der Waals surface area contributed by atoms with Crippen molar-refractivity contribution in [1.82, 2.24) is 5.32 Å². The Morgan fingerprint density at radius 2 is 1.95 bits per heavy atom. The molecule has 110 valence electrons. The highest BCUT2D eigenvalue weighted by Gasteiger charge is 2.43. The highest BCUT2D eigenvalue weighted by atomic mass is 16.6. The average Bonchev–Trinajstić information content (AvgIpc) is 2.51. The molecule has 5 heteroatoms. The monoisotopic (exact) mass is 271 g/mol. The lowest BCUT2D eigenvalue weighted by atomic mass is 9.77. The maximum absolute atomic E-state index is 11.7. The number of aliphatic carboxylic acids is 1. The molecule has 0 spiro atoms. The zero-order valence-corrected chi connectivity index (χ0v) is 12.4. The van der Waals surface area contributed by atoms with E-state index in [1.54, 1.807) is 20.8 Å². The summed E-state index contributed by atoms with van der Waals surface area (Å²) in [5, 5.41) is 11.9. The van der Waals surface area contributed by atoms with Gasteiger partial charge < -0.3 is 15.2 Å². The standard InChI is InChI=1S/C14H25NO4/c1-13(2,3)19-12(18)15-10(11(16)17)9-7-6-8-14(9,4)5/h9-10H,6-8H2,1-5H3,(H,15,18)(H,16,17)/t9?,10-/m0/s1. The van der Waals surface area contributed by atoms with Gasteiger partial charge in [0.25, 0.3) is 0 Å². The number of alkyl carbamates (subject to hydrolysis) is 1. The number of hydrogen-bond donors (Lipinski definition) is 2. The molecule has 0 saturated heterocycles. The third kappa shape index (κ3) is 4.40. The van der Waals surface area contributed by atoms with Crippen LogP contribution in [-0.4, -0.2) is 28.8 Å². The molecule has 0 aromatic rings. The maximum Gasteiger partial charge on any atom is 0.408 e. The Kier molecular flexibility index (Phi) is 4.48. The van der Waals surface area contributed by atoms with Gasteiger partial charge in [-0.1, -0.05) is 20.3 Å². The summed E-state index contributed by atoms with van der Waals surface area (Å²) < 4.78 is 5.13. The summed E-state index contributed by atoms with van der Waals surface area (Å²) >= 11 is 0. The number of hydrogen-bond acceptors (Lipinski definition) is 3. The van der Waals surface area contributed by atoms with Crippen molar-refractivity contribution in [3.05, 3.63) is 0 Å². The van der Waals surface area contributed by atoms with Crippen molar-refractivity contribution in [2.75, 3.05) is 0 Å². The van der Waals surface area contributed by atoms with Crippen LogP contribution >= 0.6 is 0 Å². The number of ether oxygens (including phenoxy) is 1. The van der Waals surface area contributed by atoms with Gasteiger partial charge >= 0.3 is 12.1 Å². The fraction of sp³-hybridized carbons (Fsp3) is 0.857. The Balaban J connectivity index is 2.74. The maximum atomic E-state index is 11.7. The first-order valence-electron chi connectivity index (χ1n) is 6.75. The second kappa shape index (κ2) is 5.39. The Bertz CT molecular complexity index is 357. The number of amides is 1. The van der Waals surface area contributed by atoms with Gasteiger partial charge in [0.05, 0.1) is 0 Å². The molecule has 0 bridgehead atoms. The molecule has 2 atom stereocenters. The second-order valence-electron chi connectivity index (χ2n) is 6.95. The second-order valence-corrected chi connectivity index (χ2v) is 6.95. The number of carboxylic acids is 1. The van der Waals surface area contributed by atoms with Crippen LogP contribution < -0.4 is 5.32 Å². The Morgan fingerprint density at radius 3 is 2.32 bits per heavy atom. The predicted octanol–water partition coefficient (Wildman–Crippen LogP) is 2.79. The quantitative estimate of drug-likeness (QED) is 0.827. The van der Waals surface area contributed by atoms with E-state index in [1.807, 2.05) is 0 Å². The van der Waals surface area contributed by atoms with E-state index in [-0.39, 0.29) is 11.3 Å².